The molecule has 0 saturated heterocycles. The molecule has 1 atom stereocenters. The molecule has 1 aliphatic rings. The lowest BCUT2D eigenvalue weighted by Gasteiger charge is -2.24. The molecular formula is C26H19ClFN5O. The minimum atomic E-state index is -0.361. The second kappa shape index (κ2) is 9.33. The molecule has 1 aromatic heterocycles. The van der Waals surface area contributed by atoms with Crippen LogP contribution in [0, 0.1) is 5.82 Å². The number of nitrogens with one attached hydrogen (secondary N) is 2. The van der Waals surface area contributed by atoms with E-state index >= 15 is 0 Å². The Balaban J connectivity index is 1.44. The van der Waals surface area contributed by atoms with Gasteiger partial charge in [0.2, 0.25) is 5.95 Å². The summed E-state index contributed by atoms with van der Waals surface area (Å²) in [5.41, 5.74) is 3.43. The fraction of sp³-hybridized carbons (Fsp3) is 0.0385. The van der Waals surface area contributed by atoms with Crippen LogP contribution in [0.4, 0.5) is 16.3 Å². The van der Waals surface area contributed by atoms with Crippen LogP contribution in [0.25, 0.3) is 11.8 Å². The maximum atomic E-state index is 13.5. The Kier molecular flexibility index (Phi) is 5.93. The first-order chi connectivity index (χ1) is 16.5. The number of hydrogen-bond acceptors (Lipinski definition) is 4. The summed E-state index contributed by atoms with van der Waals surface area (Å²) < 4.78 is 15.2. The molecule has 6 nitrogen and oxygen atoms in total. The Morgan fingerprint density at radius 2 is 1.76 bits per heavy atom. The van der Waals surface area contributed by atoms with Gasteiger partial charge >= 0.3 is 0 Å². The van der Waals surface area contributed by atoms with E-state index in [1.165, 1.54) is 18.2 Å². The van der Waals surface area contributed by atoms with Gasteiger partial charge in [-0.05, 0) is 53.1 Å². The summed E-state index contributed by atoms with van der Waals surface area (Å²) in [5.74, 6) is -0.0697. The monoisotopic (exact) mass is 471 g/mol. The predicted molar refractivity (Wildman–Crippen MR) is 132 cm³/mol. The number of allylic oxidation sites excluding steroid dienone is 1. The highest BCUT2D eigenvalue weighted by atomic mass is 35.5. The third kappa shape index (κ3) is 4.74. The molecule has 3 aromatic carbocycles. The molecule has 1 unspecified atom stereocenters. The van der Waals surface area contributed by atoms with Crippen LogP contribution in [0.2, 0.25) is 5.02 Å². The normalized spacial score (nSPS) is 14.9. The van der Waals surface area contributed by atoms with Crippen LogP contribution in [0.3, 0.4) is 0 Å². The fourth-order valence-electron chi connectivity index (χ4n) is 3.63. The lowest BCUT2D eigenvalue weighted by Crippen LogP contribution is -2.20. The van der Waals surface area contributed by atoms with Crippen LogP contribution in [-0.4, -0.2) is 20.7 Å². The number of nitrogens with zero attached hydrogens (tertiary/aromatic N) is 3. The highest BCUT2D eigenvalue weighted by Crippen LogP contribution is 2.33. The van der Waals surface area contributed by atoms with Gasteiger partial charge in [-0.25, -0.2) is 9.07 Å². The van der Waals surface area contributed by atoms with Gasteiger partial charge in [-0.2, -0.15) is 4.98 Å². The minimum Gasteiger partial charge on any atom is -0.324 e. The van der Waals surface area contributed by atoms with Gasteiger partial charge in [0.05, 0.1) is 0 Å². The van der Waals surface area contributed by atoms with Crippen molar-refractivity contribution in [1.82, 2.24) is 14.8 Å². The summed E-state index contributed by atoms with van der Waals surface area (Å²) in [6, 6.07) is 22.8. The lowest BCUT2D eigenvalue weighted by atomic mass is 10.0. The van der Waals surface area contributed by atoms with Crippen molar-refractivity contribution in [1.29, 1.82) is 0 Å². The zero-order valence-electron chi connectivity index (χ0n) is 17.8. The number of benzene rings is 3. The van der Waals surface area contributed by atoms with Crippen LogP contribution in [0.5, 0.6) is 0 Å². The summed E-state index contributed by atoms with van der Waals surface area (Å²) in [4.78, 5) is 16.9. The Bertz CT molecular complexity index is 1380. The van der Waals surface area contributed by atoms with Gasteiger partial charge in [0.1, 0.15) is 11.9 Å². The van der Waals surface area contributed by atoms with E-state index < -0.39 is 0 Å². The molecule has 0 aliphatic carbocycles. The van der Waals surface area contributed by atoms with Crippen LogP contribution in [0.15, 0.2) is 91.0 Å². The molecule has 168 valence electrons. The zero-order chi connectivity index (χ0) is 23.5. The van der Waals surface area contributed by atoms with Crippen LogP contribution in [0.1, 0.15) is 22.7 Å². The van der Waals surface area contributed by atoms with E-state index in [1.54, 1.807) is 35.0 Å². The Morgan fingerprint density at radius 1 is 1.03 bits per heavy atom. The van der Waals surface area contributed by atoms with Crippen molar-refractivity contribution in [3.8, 4) is 0 Å². The number of hydrogen-bond donors (Lipinski definition) is 2. The molecule has 5 rings (SSSR count). The molecule has 4 aromatic rings. The van der Waals surface area contributed by atoms with Crippen molar-refractivity contribution in [3.05, 3.63) is 119 Å². The van der Waals surface area contributed by atoms with E-state index in [-0.39, 0.29) is 23.7 Å². The molecule has 0 spiro atoms. The van der Waals surface area contributed by atoms with Crippen LogP contribution < -0.4 is 10.6 Å². The van der Waals surface area contributed by atoms with E-state index in [9.17, 15) is 9.18 Å². The first-order valence-electron chi connectivity index (χ1n) is 10.6. The maximum absolute atomic E-state index is 13.5. The highest BCUT2D eigenvalue weighted by Gasteiger charge is 2.25. The summed E-state index contributed by atoms with van der Waals surface area (Å²) >= 11 is 6.04. The largest absolute Gasteiger partial charge is 0.324 e. The average Bonchev–Trinajstić information content (AvgIpc) is 3.26. The predicted octanol–water partition coefficient (Wildman–Crippen LogP) is 5.78. The number of fused-ring (bicyclic) bond motifs is 1. The molecule has 1 amide bonds. The van der Waals surface area contributed by atoms with Crippen LogP contribution >= 0.6 is 11.6 Å². The number of aromatic nitrogens is 3. The summed E-state index contributed by atoms with van der Waals surface area (Å²) in [6.07, 6.45) is 5.11. The summed E-state index contributed by atoms with van der Waals surface area (Å²) in [5, 5.41) is 11.1. The molecule has 0 fully saturated rings. The molecule has 34 heavy (non-hydrogen) atoms. The van der Waals surface area contributed by atoms with E-state index in [0.717, 1.165) is 22.4 Å². The standard InChI is InChI=1S/C26H19ClFN5O/c27-20-11-7-18(8-12-20)22-16-23(19-9-13-21(28)14-10-19)33-26(29-22)31-25(32-33)30-24(34)15-6-17-4-2-1-3-5-17/h1-16,23H,(H2,29,30,31,32,34)/b15-6+. The summed E-state index contributed by atoms with van der Waals surface area (Å²) in [7, 11) is 0. The molecule has 0 radical (unpaired) electrons. The van der Waals surface area contributed by atoms with Gasteiger partial charge in [0.15, 0.2) is 0 Å². The van der Waals surface area contributed by atoms with Gasteiger partial charge in [0, 0.05) is 16.8 Å². The molecule has 1 aliphatic heterocycles. The second-order valence-electron chi connectivity index (χ2n) is 7.65. The van der Waals surface area contributed by atoms with E-state index in [0.29, 0.717) is 11.0 Å². The van der Waals surface area contributed by atoms with E-state index in [2.05, 4.69) is 20.7 Å². The third-order valence-corrected chi connectivity index (χ3v) is 5.55. The van der Waals surface area contributed by atoms with Gasteiger partial charge in [-0.1, -0.05) is 66.2 Å². The molecule has 0 bridgehead atoms. The minimum absolute atomic E-state index is 0.156. The van der Waals surface area contributed by atoms with E-state index in [4.69, 9.17) is 11.6 Å². The topological polar surface area (TPSA) is 71.8 Å². The van der Waals surface area contributed by atoms with Crippen molar-refractivity contribution < 1.29 is 9.18 Å². The molecular weight excluding hydrogens is 453 g/mol. The molecule has 2 heterocycles. The van der Waals surface area contributed by atoms with Crippen molar-refractivity contribution in [2.45, 2.75) is 6.04 Å². The van der Waals surface area contributed by atoms with E-state index in [1.807, 2.05) is 48.5 Å². The lowest BCUT2D eigenvalue weighted by molar-refractivity contribution is -0.111. The number of amides is 1. The zero-order valence-corrected chi connectivity index (χ0v) is 18.6. The van der Waals surface area contributed by atoms with Crippen molar-refractivity contribution in [2.24, 2.45) is 0 Å². The second-order valence-corrected chi connectivity index (χ2v) is 8.08. The maximum Gasteiger partial charge on any atom is 0.250 e. The molecule has 2 N–H and O–H groups in total. The smallest absolute Gasteiger partial charge is 0.250 e. The fourth-order valence-corrected chi connectivity index (χ4v) is 3.76. The van der Waals surface area contributed by atoms with Crippen molar-refractivity contribution in [2.75, 3.05) is 10.6 Å². The Morgan fingerprint density at radius 3 is 2.50 bits per heavy atom. The first kappa shape index (κ1) is 21.6. The first-order valence-corrected chi connectivity index (χ1v) is 10.9. The average molecular weight is 472 g/mol. The number of anilines is 2. The van der Waals surface area contributed by atoms with Crippen molar-refractivity contribution in [3.63, 3.8) is 0 Å². The number of carbonyl (C=O) groups excluding carboxylic acids is 1. The molecule has 0 saturated carbocycles. The summed E-state index contributed by atoms with van der Waals surface area (Å²) in [6.45, 7) is 0. The van der Waals surface area contributed by atoms with Crippen molar-refractivity contribution >= 4 is 41.2 Å². The quantitative estimate of drug-likeness (QED) is 0.362. The highest BCUT2D eigenvalue weighted by molar-refractivity contribution is 6.30. The Hall–Kier alpha value is -4.23. The third-order valence-electron chi connectivity index (χ3n) is 5.29. The van der Waals surface area contributed by atoms with Gasteiger partial charge in [-0.3, -0.25) is 10.1 Å². The number of rotatable bonds is 5. The Labute approximate surface area is 200 Å². The van der Waals surface area contributed by atoms with Gasteiger partial charge in [-0.15, -0.1) is 5.10 Å². The number of halogens is 2. The van der Waals surface area contributed by atoms with Crippen LogP contribution in [-0.2, 0) is 4.79 Å². The SMILES string of the molecule is O=C(/C=C/c1ccccc1)Nc1nc2n(n1)C(c1ccc(F)cc1)C=C(c1ccc(Cl)cc1)N2. The number of carbonyl (C=O) groups is 1. The van der Waals surface area contributed by atoms with Gasteiger partial charge < -0.3 is 5.32 Å². The molecule has 8 heteroatoms. The van der Waals surface area contributed by atoms with Gasteiger partial charge in [0.25, 0.3) is 11.9 Å².